The summed E-state index contributed by atoms with van der Waals surface area (Å²) >= 11 is 0. The summed E-state index contributed by atoms with van der Waals surface area (Å²) in [4.78, 5) is 38.3. The molecule has 2 aromatic heterocycles. The molecule has 0 spiro atoms. The summed E-state index contributed by atoms with van der Waals surface area (Å²) in [5.41, 5.74) is 5.17. The minimum Gasteiger partial charge on any atom is -0.382 e. The van der Waals surface area contributed by atoms with E-state index in [4.69, 9.17) is 10.4 Å². The molecule has 9 heteroatoms. The number of pyridine rings is 2. The zero-order valence-corrected chi connectivity index (χ0v) is 24.4. The van der Waals surface area contributed by atoms with Crippen LogP contribution in [-0.4, -0.2) is 65.3 Å². The lowest BCUT2D eigenvalue weighted by Gasteiger charge is -2.37. The van der Waals surface area contributed by atoms with Crippen molar-refractivity contribution >= 4 is 23.6 Å². The minimum absolute atomic E-state index is 0.0925. The van der Waals surface area contributed by atoms with Crippen LogP contribution in [-0.2, 0) is 6.54 Å². The second-order valence-electron chi connectivity index (χ2n) is 11.1. The van der Waals surface area contributed by atoms with E-state index in [0.717, 1.165) is 54.4 Å². The SMILES string of the molecule is Cc1cc(C)c(CNC(=O)c2cc(-c3ccc(N4CCN(C(C)C)CC4)nc3)cc(NC(C)C)c2C=N)c(=O)[nH]1. The molecular formula is C31H41N7O2. The molecule has 1 aromatic carbocycles. The first-order chi connectivity index (χ1) is 19.1. The second kappa shape index (κ2) is 12.5. The summed E-state index contributed by atoms with van der Waals surface area (Å²) in [6.45, 7) is 16.2. The molecule has 1 saturated heterocycles. The molecule has 1 fully saturated rings. The Labute approximate surface area is 236 Å². The average molecular weight is 544 g/mol. The van der Waals surface area contributed by atoms with Crippen molar-refractivity contribution in [3.63, 3.8) is 0 Å². The van der Waals surface area contributed by atoms with E-state index in [-0.39, 0.29) is 24.1 Å². The number of amides is 1. The third-order valence-electron chi connectivity index (χ3n) is 7.38. The van der Waals surface area contributed by atoms with Crippen LogP contribution < -0.4 is 21.1 Å². The zero-order valence-electron chi connectivity index (χ0n) is 24.4. The van der Waals surface area contributed by atoms with Gasteiger partial charge in [0.15, 0.2) is 0 Å². The Bertz CT molecular complexity index is 1420. The van der Waals surface area contributed by atoms with Gasteiger partial charge in [-0.05, 0) is 83.0 Å². The third kappa shape index (κ3) is 6.59. The van der Waals surface area contributed by atoms with Crippen molar-refractivity contribution in [2.45, 2.75) is 60.2 Å². The molecule has 0 radical (unpaired) electrons. The van der Waals surface area contributed by atoms with Gasteiger partial charge in [0.1, 0.15) is 5.82 Å². The zero-order chi connectivity index (χ0) is 29.0. The fraction of sp³-hybridized carbons (Fsp3) is 0.419. The smallest absolute Gasteiger partial charge is 0.253 e. The number of anilines is 2. The number of rotatable bonds is 9. The van der Waals surface area contributed by atoms with Gasteiger partial charge in [0.05, 0.1) is 5.56 Å². The summed E-state index contributed by atoms with van der Waals surface area (Å²) in [7, 11) is 0. The Morgan fingerprint density at radius 3 is 2.38 bits per heavy atom. The van der Waals surface area contributed by atoms with Crippen LogP contribution in [0.3, 0.4) is 0 Å². The van der Waals surface area contributed by atoms with Gasteiger partial charge in [-0.3, -0.25) is 14.5 Å². The van der Waals surface area contributed by atoms with Crippen LogP contribution in [0.5, 0.6) is 0 Å². The molecule has 0 unspecified atom stereocenters. The fourth-order valence-electron chi connectivity index (χ4n) is 5.17. The number of aromatic amines is 1. The highest BCUT2D eigenvalue weighted by molar-refractivity contribution is 6.06. The maximum absolute atomic E-state index is 13.5. The van der Waals surface area contributed by atoms with Gasteiger partial charge in [-0.1, -0.05) is 0 Å². The maximum atomic E-state index is 13.5. The first-order valence-electron chi connectivity index (χ1n) is 14.0. The predicted octanol–water partition coefficient (Wildman–Crippen LogP) is 4.33. The normalized spacial score (nSPS) is 14.1. The van der Waals surface area contributed by atoms with Crippen LogP contribution in [0, 0.1) is 19.3 Å². The average Bonchev–Trinajstić information content (AvgIpc) is 2.91. The first-order valence-corrected chi connectivity index (χ1v) is 14.0. The standard InChI is InChI=1S/C31H41N7O2/c1-19(2)35-28-15-24(23-7-8-29(33-17-23)38-11-9-37(10-12-38)20(3)4)14-25(26(28)16-32)30(39)34-18-27-21(5)13-22(6)36-31(27)40/h7-8,13-17,19-20,32,35H,9-12,18H2,1-6H3,(H,34,39)(H,36,40). The minimum atomic E-state index is -0.348. The molecule has 3 heterocycles. The molecular weight excluding hydrogens is 502 g/mol. The van der Waals surface area contributed by atoms with E-state index in [9.17, 15) is 9.59 Å². The number of piperazine rings is 1. The molecule has 40 heavy (non-hydrogen) atoms. The summed E-state index contributed by atoms with van der Waals surface area (Å²) < 4.78 is 0. The second-order valence-corrected chi connectivity index (χ2v) is 11.1. The molecule has 4 rings (SSSR count). The molecule has 1 aliphatic rings. The third-order valence-corrected chi connectivity index (χ3v) is 7.38. The number of nitrogens with one attached hydrogen (secondary N) is 4. The van der Waals surface area contributed by atoms with Crippen molar-refractivity contribution in [1.29, 1.82) is 5.41 Å². The van der Waals surface area contributed by atoms with Crippen LogP contribution in [0.15, 0.2) is 41.3 Å². The molecule has 3 aromatic rings. The van der Waals surface area contributed by atoms with Crippen LogP contribution >= 0.6 is 0 Å². The van der Waals surface area contributed by atoms with Crippen LogP contribution in [0.1, 0.15) is 60.4 Å². The molecule has 9 nitrogen and oxygen atoms in total. The van der Waals surface area contributed by atoms with Gasteiger partial charge in [-0.2, -0.15) is 0 Å². The van der Waals surface area contributed by atoms with Crippen LogP contribution in [0.2, 0.25) is 0 Å². The monoisotopic (exact) mass is 543 g/mol. The molecule has 0 bridgehead atoms. The van der Waals surface area contributed by atoms with Gasteiger partial charge in [0.25, 0.3) is 11.5 Å². The lowest BCUT2D eigenvalue weighted by Crippen LogP contribution is -2.49. The highest BCUT2D eigenvalue weighted by Crippen LogP contribution is 2.30. The summed E-state index contributed by atoms with van der Waals surface area (Å²) in [6, 6.07) is 10.4. The lowest BCUT2D eigenvalue weighted by atomic mass is 9.97. The van der Waals surface area contributed by atoms with Gasteiger partial charge >= 0.3 is 0 Å². The van der Waals surface area contributed by atoms with Gasteiger partial charge in [0, 0.05) is 85.3 Å². The van der Waals surface area contributed by atoms with Crippen molar-refractivity contribution in [2.75, 3.05) is 36.4 Å². The number of carbonyl (C=O) groups excluding carboxylic acids is 1. The first kappa shape index (κ1) is 29.0. The molecule has 0 atom stereocenters. The largest absolute Gasteiger partial charge is 0.382 e. The van der Waals surface area contributed by atoms with Crippen LogP contribution in [0.4, 0.5) is 11.5 Å². The Hall–Kier alpha value is -3.98. The number of hydrogen-bond donors (Lipinski definition) is 4. The number of aromatic nitrogens is 2. The van der Waals surface area contributed by atoms with E-state index < -0.39 is 0 Å². The van der Waals surface area contributed by atoms with Gasteiger partial charge in [-0.15, -0.1) is 0 Å². The Balaban J connectivity index is 1.62. The fourth-order valence-corrected chi connectivity index (χ4v) is 5.17. The van der Waals surface area contributed by atoms with Crippen LogP contribution in [0.25, 0.3) is 11.1 Å². The number of carbonyl (C=O) groups is 1. The highest BCUT2D eigenvalue weighted by Gasteiger charge is 2.21. The van der Waals surface area contributed by atoms with Gasteiger partial charge < -0.3 is 25.9 Å². The number of aryl methyl sites for hydroxylation is 2. The number of H-pyrrole nitrogens is 1. The molecule has 0 aliphatic carbocycles. The van der Waals surface area contributed by atoms with E-state index in [1.807, 2.05) is 58.2 Å². The Morgan fingerprint density at radius 1 is 1.07 bits per heavy atom. The van der Waals surface area contributed by atoms with Gasteiger partial charge in [0.2, 0.25) is 0 Å². The topological polar surface area (TPSA) is 117 Å². The summed E-state index contributed by atoms with van der Waals surface area (Å²) in [6.07, 6.45) is 3.05. The van der Waals surface area contributed by atoms with Crippen molar-refractivity contribution in [1.82, 2.24) is 20.2 Å². The quantitative estimate of drug-likeness (QED) is 0.299. The number of hydrogen-bond acceptors (Lipinski definition) is 7. The molecule has 0 saturated carbocycles. The van der Waals surface area contributed by atoms with E-state index in [0.29, 0.717) is 28.4 Å². The molecule has 212 valence electrons. The molecule has 4 N–H and O–H groups in total. The van der Waals surface area contributed by atoms with Crippen molar-refractivity contribution < 1.29 is 4.79 Å². The lowest BCUT2D eigenvalue weighted by molar-refractivity contribution is 0.0950. The Morgan fingerprint density at radius 2 is 1.80 bits per heavy atom. The van der Waals surface area contributed by atoms with E-state index in [1.54, 1.807) is 6.07 Å². The van der Waals surface area contributed by atoms with E-state index in [1.165, 1.54) is 6.21 Å². The Kier molecular flexibility index (Phi) is 9.04. The predicted molar refractivity (Wildman–Crippen MR) is 163 cm³/mol. The summed E-state index contributed by atoms with van der Waals surface area (Å²) in [5, 5.41) is 14.4. The molecule has 1 aliphatic heterocycles. The van der Waals surface area contributed by atoms with Crippen molar-refractivity contribution in [3.8, 4) is 11.1 Å². The number of nitrogens with zero attached hydrogens (tertiary/aromatic N) is 3. The van der Waals surface area contributed by atoms with Crippen molar-refractivity contribution in [3.05, 3.63) is 74.8 Å². The maximum Gasteiger partial charge on any atom is 0.253 e. The van der Waals surface area contributed by atoms with E-state index in [2.05, 4.69) is 39.3 Å². The van der Waals surface area contributed by atoms with Crippen molar-refractivity contribution in [2.24, 2.45) is 0 Å². The highest BCUT2D eigenvalue weighted by atomic mass is 16.1. The van der Waals surface area contributed by atoms with E-state index >= 15 is 0 Å². The molecule has 1 amide bonds. The van der Waals surface area contributed by atoms with Gasteiger partial charge in [-0.25, -0.2) is 4.98 Å². The number of benzene rings is 1. The summed E-state index contributed by atoms with van der Waals surface area (Å²) in [5.74, 6) is 0.597.